The maximum absolute atomic E-state index is 13.4. The fourth-order valence-electron chi connectivity index (χ4n) is 2.06. The molecule has 1 aromatic heterocycles. The standard InChI is InChI=1S/C12H13BrFN3/c1-12(2-3-12)6-17-10-4-7(13)8(14)5-9(10)16-11(17)15/h4-5H,2-3,6H2,1H3,(H2,15,16). The van der Waals surface area contributed by atoms with Crippen LogP contribution in [0.1, 0.15) is 19.8 Å². The van der Waals surface area contributed by atoms with Gasteiger partial charge in [0.1, 0.15) is 5.82 Å². The van der Waals surface area contributed by atoms with E-state index >= 15 is 0 Å². The monoisotopic (exact) mass is 297 g/mol. The molecule has 1 saturated carbocycles. The van der Waals surface area contributed by atoms with Crippen molar-refractivity contribution in [3.05, 3.63) is 22.4 Å². The highest BCUT2D eigenvalue weighted by Gasteiger charge is 2.38. The van der Waals surface area contributed by atoms with Gasteiger partial charge in [0.25, 0.3) is 0 Å². The number of anilines is 1. The number of fused-ring (bicyclic) bond motifs is 1. The minimum atomic E-state index is -0.306. The van der Waals surface area contributed by atoms with Crippen molar-refractivity contribution in [2.75, 3.05) is 5.73 Å². The summed E-state index contributed by atoms with van der Waals surface area (Å²) in [5, 5.41) is 0. The molecule has 3 nitrogen and oxygen atoms in total. The Bertz CT molecular complexity index is 601. The Kier molecular flexibility index (Phi) is 2.23. The first-order chi connectivity index (χ1) is 7.98. The van der Waals surface area contributed by atoms with Gasteiger partial charge in [0.15, 0.2) is 0 Å². The number of hydrogen-bond acceptors (Lipinski definition) is 2. The van der Waals surface area contributed by atoms with E-state index in [2.05, 4.69) is 27.8 Å². The number of halogens is 2. The van der Waals surface area contributed by atoms with Crippen LogP contribution in [0.15, 0.2) is 16.6 Å². The lowest BCUT2D eigenvalue weighted by Gasteiger charge is -2.11. The molecule has 2 N–H and O–H groups in total. The number of benzene rings is 1. The van der Waals surface area contributed by atoms with Gasteiger partial charge in [0, 0.05) is 12.6 Å². The third-order valence-electron chi connectivity index (χ3n) is 3.46. The average Bonchev–Trinajstić information content (AvgIpc) is 2.91. The van der Waals surface area contributed by atoms with Gasteiger partial charge in [-0.2, -0.15) is 0 Å². The van der Waals surface area contributed by atoms with E-state index in [1.165, 1.54) is 18.9 Å². The second-order valence-electron chi connectivity index (χ2n) is 5.12. The normalized spacial score (nSPS) is 17.6. The molecule has 0 radical (unpaired) electrons. The maximum atomic E-state index is 13.4. The van der Waals surface area contributed by atoms with Crippen LogP contribution >= 0.6 is 15.9 Å². The first kappa shape index (κ1) is 11.0. The van der Waals surface area contributed by atoms with Crippen molar-refractivity contribution in [1.29, 1.82) is 0 Å². The Morgan fingerprint density at radius 1 is 1.53 bits per heavy atom. The highest BCUT2D eigenvalue weighted by atomic mass is 79.9. The molecule has 5 heteroatoms. The summed E-state index contributed by atoms with van der Waals surface area (Å²) in [6, 6.07) is 3.17. The smallest absolute Gasteiger partial charge is 0.201 e. The second kappa shape index (κ2) is 3.45. The van der Waals surface area contributed by atoms with Crippen LogP contribution in [0.5, 0.6) is 0 Å². The molecule has 1 fully saturated rings. The highest BCUT2D eigenvalue weighted by Crippen LogP contribution is 2.47. The van der Waals surface area contributed by atoms with E-state index in [-0.39, 0.29) is 5.82 Å². The molecule has 0 aliphatic heterocycles. The van der Waals surface area contributed by atoms with Gasteiger partial charge in [-0.05, 0) is 40.3 Å². The molecule has 0 atom stereocenters. The summed E-state index contributed by atoms with van der Waals surface area (Å²) in [6.45, 7) is 3.09. The molecule has 1 heterocycles. The summed E-state index contributed by atoms with van der Waals surface area (Å²) in [6.07, 6.45) is 2.43. The summed E-state index contributed by atoms with van der Waals surface area (Å²) in [5.41, 5.74) is 7.75. The van der Waals surface area contributed by atoms with Gasteiger partial charge < -0.3 is 10.3 Å². The zero-order valence-corrected chi connectivity index (χ0v) is 11.1. The number of rotatable bonds is 2. The molecule has 0 spiro atoms. The Morgan fingerprint density at radius 2 is 2.24 bits per heavy atom. The van der Waals surface area contributed by atoms with Crippen molar-refractivity contribution < 1.29 is 4.39 Å². The number of imidazole rings is 1. The molecular formula is C12H13BrFN3. The third kappa shape index (κ3) is 1.82. The Balaban J connectivity index is 2.16. The van der Waals surface area contributed by atoms with Gasteiger partial charge in [-0.25, -0.2) is 9.37 Å². The van der Waals surface area contributed by atoms with Crippen molar-refractivity contribution in [3.63, 3.8) is 0 Å². The summed E-state index contributed by atoms with van der Waals surface area (Å²) < 4.78 is 15.8. The topological polar surface area (TPSA) is 43.8 Å². The number of nitrogens with two attached hydrogens (primary N) is 1. The van der Waals surface area contributed by atoms with Crippen LogP contribution in [0.2, 0.25) is 0 Å². The summed E-state index contributed by atoms with van der Waals surface area (Å²) in [7, 11) is 0. The molecule has 0 bridgehead atoms. The first-order valence-corrected chi connectivity index (χ1v) is 6.39. The molecule has 1 aliphatic rings. The van der Waals surface area contributed by atoms with Gasteiger partial charge in [0.05, 0.1) is 15.5 Å². The quantitative estimate of drug-likeness (QED) is 0.924. The predicted octanol–water partition coefficient (Wildman–Crippen LogP) is 3.32. The van der Waals surface area contributed by atoms with Gasteiger partial charge in [0.2, 0.25) is 5.95 Å². The fraction of sp³-hybridized carbons (Fsp3) is 0.417. The summed E-state index contributed by atoms with van der Waals surface area (Å²) in [5.74, 6) is 0.158. The van der Waals surface area contributed by atoms with Crippen LogP contribution in [0.3, 0.4) is 0 Å². The molecule has 2 aromatic rings. The molecule has 90 valence electrons. The zero-order valence-electron chi connectivity index (χ0n) is 9.50. The zero-order chi connectivity index (χ0) is 12.2. The molecule has 0 amide bonds. The Labute approximate surface area is 107 Å². The van der Waals surface area contributed by atoms with Gasteiger partial charge in [-0.1, -0.05) is 6.92 Å². The highest BCUT2D eigenvalue weighted by molar-refractivity contribution is 9.10. The van der Waals surface area contributed by atoms with Crippen molar-refractivity contribution in [3.8, 4) is 0 Å². The summed E-state index contributed by atoms with van der Waals surface area (Å²) >= 11 is 3.20. The maximum Gasteiger partial charge on any atom is 0.201 e. The number of hydrogen-bond donors (Lipinski definition) is 1. The van der Waals surface area contributed by atoms with E-state index in [0.29, 0.717) is 21.4 Å². The lowest BCUT2D eigenvalue weighted by atomic mass is 10.1. The van der Waals surface area contributed by atoms with Gasteiger partial charge in [-0.15, -0.1) is 0 Å². The largest absolute Gasteiger partial charge is 0.369 e. The first-order valence-electron chi connectivity index (χ1n) is 5.59. The molecule has 1 aliphatic carbocycles. The molecular weight excluding hydrogens is 285 g/mol. The van der Waals surface area contributed by atoms with Crippen molar-refractivity contribution in [2.24, 2.45) is 5.41 Å². The molecule has 1 aromatic carbocycles. The molecule has 3 rings (SSSR count). The average molecular weight is 298 g/mol. The molecule has 17 heavy (non-hydrogen) atoms. The van der Waals surface area contributed by atoms with Crippen LogP contribution in [-0.4, -0.2) is 9.55 Å². The van der Waals surface area contributed by atoms with Gasteiger partial charge in [-0.3, -0.25) is 0 Å². The number of aromatic nitrogens is 2. The predicted molar refractivity (Wildman–Crippen MR) is 69.1 cm³/mol. The van der Waals surface area contributed by atoms with Crippen LogP contribution in [0.25, 0.3) is 11.0 Å². The van der Waals surface area contributed by atoms with Crippen LogP contribution < -0.4 is 5.73 Å². The van der Waals surface area contributed by atoms with Crippen molar-refractivity contribution in [2.45, 2.75) is 26.3 Å². The van der Waals surface area contributed by atoms with E-state index in [4.69, 9.17) is 5.73 Å². The van der Waals surface area contributed by atoms with E-state index in [9.17, 15) is 4.39 Å². The van der Waals surface area contributed by atoms with Gasteiger partial charge >= 0.3 is 0 Å². The second-order valence-corrected chi connectivity index (χ2v) is 5.98. The minimum Gasteiger partial charge on any atom is -0.369 e. The minimum absolute atomic E-state index is 0.306. The third-order valence-corrected chi connectivity index (χ3v) is 4.07. The Morgan fingerprint density at radius 3 is 2.88 bits per heavy atom. The van der Waals surface area contributed by atoms with E-state index in [0.717, 1.165) is 12.1 Å². The number of nitrogens with zero attached hydrogens (tertiary/aromatic N) is 2. The number of nitrogen functional groups attached to an aromatic ring is 1. The molecule has 0 unspecified atom stereocenters. The SMILES string of the molecule is CC1(Cn2c(N)nc3cc(F)c(Br)cc32)CC1. The fourth-order valence-corrected chi connectivity index (χ4v) is 2.39. The lowest BCUT2D eigenvalue weighted by molar-refractivity contribution is 0.476. The lowest BCUT2D eigenvalue weighted by Crippen LogP contribution is -2.10. The van der Waals surface area contributed by atoms with E-state index in [1.54, 1.807) is 6.07 Å². The van der Waals surface area contributed by atoms with Crippen molar-refractivity contribution >= 4 is 32.9 Å². The molecule has 0 saturated heterocycles. The summed E-state index contributed by atoms with van der Waals surface area (Å²) in [4.78, 5) is 4.21. The van der Waals surface area contributed by atoms with E-state index in [1.807, 2.05) is 4.57 Å². The van der Waals surface area contributed by atoms with Crippen LogP contribution in [-0.2, 0) is 6.54 Å². The van der Waals surface area contributed by atoms with Crippen LogP contribution in [0, 0.1) is 11.2 Å². The van der Waals surface area contributed by atoms with Crippen molar-refractivity contribution in [1.82, 2.24) is 9.55 Å². The van der Waals surface area contributed by atoms with E-state index < -0.39 is 0 Å². The Hall–Kier alpha value is -1.10. The van der Waals surface area contributed by atoms with Crippen LogP contribution in [0.4, 0.5) is 10.3 Å².